The van der Waals surface area contributed by atoms with Gasteiger partial charge in [0.15, 0.2) is 11.9 Å². The summed E-state index contributed by atoms with van der Waals surface area (Å²) in [6, 6.07) is 1.10. The molecular weight excluding hydrogens is 335 g/mol. The van der Waals surface area contributed by atoms with Crippen molar-refractivity contribution in [3.05, 3.63) is 28.8 Å². The van der Waals surface area contributed by atoms with Crippen molar-refractivity contribution < 1.29 is 40.7 Å². The largest absolute Gasteiger partial charge is 0.493 e. The molecule has 0 heterocycles. The zero-order valence-corrected chi connectivity index (χ0v) is 11.3. The molecule has 1 atom stereocenters. The fourth-order valence-corrected chi connectivity index (χ4v) is 2.29. The Morgan fingerprint density at radius 3 is 2.43 bits per heavy atom. The Kier molecular flexibility index (Phi) is 4.45. The molecule has 1 N–H and O–H groups in total. The molecule has 1 aliphatic carbocycles. The van der Waals surface area contributed by atoms with E-state index in [1.165, 1.54) is 0 Å². The first-order chi connectivity index (χ1) is 10.7. The maximum Gasteiger partial charge on any atom is 0.417 e. The summed E-state index contributed by atoms with van der Waals surface area (Å²) in [6.45, 7) is -1.14. The van der Waals surface area contributed by atoms with Crippen molar-refractivity contribution in [3.8, 4) is 5.75 Å². The maximum absolute atomic E-state index is 14.0. The van der Waals surface area contributed by atoms with E-state index in [4.69, 9.17) is 9.94 Å². The number of hydrogen-bond acceptors (Lipinski definition) is 3. The molecule has 128 valence electrons. The summed E-state index contributed by atoms with van der Waals surface area (Å²) >= 11 is 0. The third kappa shape index (κ3) is 2.81. The van der Waals surface area contributed by atoms with E-state index in [1.807, 2.05) is 0 Å². The van der Waals surface area contributed by atoms with Gasteiger partial charge < -0.3 is 9.94 Å². The highest BCUT2D eigenvalue weighted by molar-refractivity contribution is 6.11. The van der Waals surface area contributed by atoms with Crippen molar-refractivity contribution in [2.24, 2.45) is 5.16 Å². The molecule has 0 bridgehead atoms. The molecule has 0 amide bonds. The molecular formula is C13H10F7NO2. The van der Waals surface area contributed by atoms with Crippen molar-refractivity contribution in [2.45, 2.75) is 24.7 Å². The van der Waals surface area contributed by atoms with Crippen LogP contribution in [0, 0.1) is 0 Å². The fraction of sp³-hybridized carbons (Fsp3) is 0.462. The average Bonchev–Trinajstić information content (AvgIpc) is 2.65. The minimum Gasteiger partial charge on any atom is -0.493 e. The smallest absolute Gasteiger partial charge is 0.417 e. The second kappa shape index (κ2) is 5.89. The second-order valence-electron chi connectivity index (χ2n) is 4.72. The highest BCUT2D eigenvalue weighted by Crippen LogP contribution is 2.52. The molecule has 0 saturated carbocycles. The lowest BCUT2D eigenvalue weighted by molar-refractivity contribution is -0.137. The average molecular weight is 345 g/mol. The third-order valence-corrected chi connectivity index (χ3v) is 3.27. The molecule has 10 heteroatoms. The van der Waals surface area contributed by atoms with Gasteiger partial charge in [0.25, 0.3) is 0 Å². The van der Waals surface area contributed by atoms with Gasteiger partial charge in [-0.2, -0.15) is 22.0 Å². The van der Waals surface area contributed by atoms with Crippen LogP contribution in [0.4, 0.5) is 30.7 Å². The Labute approximate surface area is 125 Å². The maximum atomic E-state index is 14.0. The van der Waals surface area contributed by atoms with Crippen molar-refractivity contribution >= 4 is 5.71 Å². The Bertz CT molecular complexity index is 627. The molecule has 1 aromatic carbocycles. The predicted molar refractivity (Wildman–Crippen MR) is 64.7 cm³/mol. The van der Waals surface area contributed by atoms with Gasteiger partial charge in [-0.15, -0.1) is 0 Å². The Morgan fingerprint density at radius 1 is 1.26 bits per heavy atom. The molecule has 1 aliphatic rings. The Balaban J connectivity index is 2.66. The van der Waals surface area contributed by atoms with Gasteiger partial charge in [-0.05, 0) is 12.1 Å². The molecule has 2 rings (SSSR count). The molecule has 23 heavy (non-hydrogen) atoms. The summed E-state index contributed by atoms with van der Waals surface area (Å²) in [5.41, 5.74) is -5.60. The van der Waals surface area contributed by atoms with Gasteiger partial charge in [0.2, 0.25) is 0 Å². The van der Waals surface area contributed by atoms with Crippen LogP contribution in [0.15, 0.2) is 17.3 Å². The number of ether oxygens (including phenoxy) is 1. The lowest BCUT2D eigenvalue weighted by Crippen LogP contribution is -2.28. The van der Waals surface area contributed by atoms with Crippen LogP contribution in [0.25, 0.3) is 0 Å². The summed E-state index contributed by atoms with van der Waals surface area (Å²) in [5, 5.41) is 10.8. The molecule has 0 spiro atoms. The summed E-state index contributed by atoms with van der Waals surface area (Å²) in [5.74, 6) is -5.02. The second-order valence-corrected chi connectivity index (χ2v) is 4.72. The van der Waals surface area contributed by atoms with Gasteiger partial charge in [-0.1, -0.05) is 5.16 Å². The number of fused-ring (bicyclic) bond motifs is 1. The number of alkyl halides is 7. The molecule has 1 aromatic rings. The fourth-order valence-electron chi connectivity index (χ4n) is 2.29. The highest BCUT2D eigenvalue weighted by Gasteiger charge is 2.59. The number of benzene rings is 1. The van der Waals surface area contributed by atoms with Crippen molar-refractivity contribution in [3.63, 3.8) is 0 Å². The standard InChI is InChI=1S/C13H10F7NO2/c14-4-1-5-23-7-3-2-6(13(18,19)20)8-9(7)10(15)12(16,17)11(8)21-22/h2-3,10,22H,1,4-5H2/b21-11-. The van der Waals surface area contributed by atoms with Crippen LogP contribution in [-0.4, -0.2) is 30.1 Å². The molecule has 0 aliphatic heterocycles. The van der Waals surface area contributed by atoms with Crippen LogP contribution >= 0.6 is 0 Å². The first kappa shape index (κ1) is 17.4. The van der Waals surface area contributed by atoms with E-state index in [9.17, 15) is 30.7 Å². The van der Waals surface area contributed by atoms with Crippen LogP contribution in [0.5, 0.6) is 5.75 Å². The number of hydrogen-bond donors (Lipinski definition) is 1. The minimum absolute atomic E-state index is 0.149. The Morgan fingerprint density at radius 2 is 1.91 bits per heavy atom. The monoisotopic (exact) mass is 345 g/mol. The normalized spacial score (nSPS) is 21.5. The Hall–Kier alpha value is -2.00. The molecule has 0 saturated heterocycles. The van der Waals surface area contributed by atoms with Crippen molar-refractivity contribution in [1.29, 1.82) is 0 Å². The molecule has 0 radical (unpaired) electrons. The quantitative estimate of drug-likeness (QED) is 0.383. The highest BCUT2D eigenvalue weighted by atomic mass is 19.4. The number of halogens is 7. The van der Waals surface area contributed by atoms with Crippen LogP contribution in [-0.2, 0) is 6.18 Å². The number of oxime groups is 1. The van der Waals surface area contributed by atoms with E-state index in [1.54, 1.807) is 0 Å². The molecule has 0 aromatic heterocycles. The van der Waals surface area contributed by atoms with E-state index in [0.717, 1.165) is 0 Å². The van der Waals surface area contributed by atoms with Crippen LogP contribution in [0.2, 0.25) is 0 Å². The molecule has 3 nitrogen and oxygen atoms in total. The zero-order valence-electron chi connectivity index (χ0n) is 11.3. The first-order valence-corrected chi connectivity index (χ1v) is 6.33. The molecule has 1 unspecified atom stereocenters. The van der Waals surface area contributed by atoms with Crippen LogP contribution in [0.3, 0.4) is 0 Å². The zero-order chi connectivity index (χ0) is 17.4. The van der Waals surface area contributed by atoms with E-state index < -0.39 is 53.1 Å². The SMILES string of the molecule is O/N=C1/c2c(C(F)(F)F)ccc(OCCCF)c2C(F)C1(F)F. The summed E-state index contributed by atoms with van der Waals surface area (Å²) in [6.07, 6.45) is -8.40. The molecule has 0 fully saturated rings. The lowest BCUT2D eigenvalue weighted by atomic mass is 10.0. The van der Waals surface area contributed by atoms with Gasteiger partial charge in [0, 0.05) is 17.5 Å². The van der Waals surface area contributed by atoms with E-state index >= 15 is 0 Å². The third-order valence-electron chi connectivity index (χ3n) is 3.27. The van der Waals surface area contributed by atoms with E-state index in [0.29, 0.717) is 12.1 Å². The van der Waals surface area contributed by atoms with Crippen LogP contribution in [0.1, 0.15) is 29.3 Å². The van der Waals surface area contributed by atoms with E-state index in [-0.39, 0.29) is 13.0 Å². The summed E-state index contributed by atoms with van der Waals surface area (Å²) in [7, 11) is 0. The number of nitrogens with zero attached hydrogens (tertiary/aromatic N) is 1. The van der Waals surface area contributed by atoms with Gasteiger partial charge in [-0.3, -0.25) is 4.39 Å². The predicted octanol–water partition coefficient (Wildman–Crippen LogP) is 4.28. The van der Waals surface area contributed by atoms with Gasteiger partial charge in [-0.25, -0.2) is 4.39 Å². The van der Waals surface area contributed by atoms with Gasteiger partial charge in [0.1, 0.15) is 5.75 Å². The van der Waals surface area contributed by atoms with Crippen molar-refractivity contribution in [1.82, 2.24) is 0 Å². The minimum atomic E-state index is -5.07. The van der Waals surface area contributed by atoms with Crippen molar-refractivity contribution in [2.75, 3.05) is 13.3 Å². The van der Waals surface area contributed by atoms with E-state index in [2.05, 4.69) is 5.16 Å². The topological polar surface area (TPSA) is 41.8 Å². The van der Waals surface area contributed by atoms with Crippen LogP contribution < -0.4 is 4.74 Å². The first-order valence-electron chi connectivity index (χ1n) is 6.33. The number of rotatable bonds is 4. The lowest BCUT2D eigenvalue weighted by Gasteiger charge is -2.15. The summed E-state index contributed by atoms with van der Waals surface area (Å²) in [4.78, 5) is 0. The van der Waals surface area contributed by atoms with Gasteiger partial charge in [0.05, 0.1) is 18.8 Å². The van der Waals surface area contributed by atoms with Gasteiger partial charge >= 0.3 is 12.1 Å². The summed E-state index contributed by atoms with van der Waals surface area (Å²) < 4.78 is 97.4.